The third kappa shape index (κ3) is 3.91. The molecule has 1 aliphatic rings. The van der Waals surface area contributed by atoms with E-state index < -0.39 is 11.2 Å². The Bertz CT molecular complexity index is 1040. The molecule has 0 spiro atoms. The van der Waals surface area contributed by atoms with Gasteiger partial charge in [0.2, 0.25) is 0 Å². The molecule has 4 rings (SSSR count). The summed E-state index contributed by atoms with van der Waals surface area (Å²) >= 11 is 4.96. The lowest BCUT2D eigenvalue weighted by Crippen LogP contribution is -2.18. The maximum atomic E-state index is 12.5. The Balaban J connectivity index is 1.93. The molecule has 152 valence electrons. The number of halogens is 1. The molecule has 1 aliphatic carbocycles. The summed E-state index contributed by atoms with van der Waals surface area (Å²) < 4.78 is 19.8. The highest BCUT2D eigenvalue weighted by Crippen LogP contribution is 2.42. The average molecular weight is 430 g/mol. The van der Waals surface area contributed by atoms with E-state index in [0.717, 1.165) is 40.6 Å². The Morgan fingerprint density at radius 2 is 2.03 bits per heavy atom. The van der Waals surface area contributed by atoms with Crippen molar-refractivity contribution in [2.75, 3.05) is 13.4 Å². The van der Waals surface area contributed by atoms with Gasteiger partial charge in [-0.15, -0.1) is 0 Å². The van der Waals surface area contributed by atoms with E-state index in [9.17, 15) is 9.35 Å². The van der Waals surface area contributed by atoms with Crippen molar-refractivity contribution in [1.29, 1.82) is 0 Å². The highest BCUT2D eigenvalue weighted by atomic mass is 35.5. The summed E-state index contributed by atoms with van der Waals surface area (Å²) in [6, 6.07) is 13.9. The molecule has 2 aromatic carbocycles. The summed E-state index contributed by atoms with van der Waals surface area (Å²) in [6.45, 7) is 0.648. The fraction of sp³-hybridized carbons (Fsp3) is 0.348. The number of aryl methyl sites for hydroxylation is 1. The molecule has 6 heteroatoms. The van der Waals surface area contributed by atoms with E-state index in [1.807, 2.05) is 36.4 Å². The zero-order valence-electron chi connectivity index (χ0n) is 16.6. The number of ether oxygens (including phenoxy) is 1. The van der Waals surface area contributed by atoms with Crippen LogP contribution >= 0.6 is 11.6 Å². The minimum absolute atomic E-state index is 0.101. The summed E-state index contributed by atoms with van der Waals surface area (Å²) in [5.74, 6) is -0.0884. The fourth-order valence-corrected chi connectivity index (χ4v) is 5.40. The molecule has 0 saturated carbocycles. The highest BCUT2D eigenvalue weighted by Gasteiger charge is 2.31. The maximum absolute atomic E-state index is 12.5. The van der Waals surface area contributed by atoms with Crippen molar-refractivity contribution in [3.63, 3.8) is 0 Å². The number of para-hydroxylation sites is 1. The maximum Gasteiger partial charge on any atom is 0.306 e. The van der Waals surface area contributed by atoms with Crippen LogP contribution in [-0.2, 0) is 33.7 Å². The number of hydrogen-bond donors (Lipinski definition) is 0. The van der Waals surface area contributed by atoms with Crippen LogP contribution in [0.25, 0.3) is 10.9 Å². The van der Waals surface area contributed by atoms with E-state index in [1.54, 1.807) is 6.26 Å². The molecular weight excluding hydrogens is 406 g/mol. The summed E-state index contributed by atoms with van der Waals surface area (Å²) in [7, 11) is 1.44. The number of fused-ring (bicyclic) bond motifs is 3. The third-order valence-corrected chi connectivity index (χ3v) is 6.97. The molecule has 0 saturated heterocycles. The van der Waals surface area contributed by atoms with E-state index in [2.05, 4.69) is 10.6 Å². The summed E-state index contributed by atoms with van der Waals surface area (Å²) in [5, 5.41) is 1.85. The van der Waals surface area contributed by atoms with Gasteiger partial charge in [-0.1, -0.05) is 35.9 Å². The molecule has 0 aliphatic heterocycles. The number of rotatable bonds is 5. The molecule has 0 amide bonds. The standard InChI is InChI=1S/C23H24ClNO3S/c1-28-21(26)13-16-5-3-6-18-19-7-4-8-20(29(2)27)23(19)25(22(16)18)14-15-9-11-17(24)12-10-15/h4,7-12,16H,3,5-6,13-14H2,1-2H3/t16-,29+/m1/s1. The van der Waals surface area contributed by atoms with E-state index >= 15 is 0 Å². The molecule has 0 unspecified atom stereocenters. The van der Waals surface area contributed by atoms with Gasteiger partial charge in [0.25, 0.3) is 0 Å². The van der Waals surface area contributed by atoms with Crippen molar-refractivity contribution in [1.82, 2.24) is 4.57 Å². The Morgan fingerprint density at radius 3 is 2.72 bits per heavy atom. The Hall–Kier alpha value is -1.95. The number of nitrogens with zero attached hydrogens (tertiary/aromatic N) is 1. The van der Waals surface area contributed by atoms with Crippen molar-refractivity contribution in [2.24, 2.45) is 0 Å². The molecule has 0 N–H and O–H groups in total. The first-order valence-electron chi connectivity index (χ1n) is 9.78. The van der Waals surface area contributed by atoms with Crippen molar-refractivity contribution < 1.29 is 14.1 Å². The third-order valence-electron chi connectivity index (χ3n) is 5.76. The Labute approximate surface area is 179 Å². The van der Waals surface area contributed by atoms with Crippen LogP contribution in [0.4, 0.5) is 0 Å². The minimum Gasteiger partial charge on any atom is -0.612 e. The van der Waals surface area contributed by atoms with Crippen molar-refractivity contribution in [3.05, 3.63) is 64.3 Å². The van der Waals surface area contributed by atoms with Crippen molar-refractivity contribution in [3.8, 4) is 0 Å². The number of aromatic nitrogens is 1. The average Bonchev–Trinajstić information content (AvgIpc) is 3.04. The van der Waals surface area contributed by atoms with Gasteiger partial charge in [0.15, 0.2) is 4.90 Å². The van der Waals surface area contributed by atoms with Crippen LogP contribution in [0.3, 0.4) is 0 Å². The minimum atomic E-state index is -1.11. The molecule has 1 heterocycles. The second-order valence-corrected chi connectivity index (χ2v) is 9.34. The molecule has 4 nitrogen and oxygen atoms in total. The van der Waals surface area contributed by atoms with Crippen LogP contribution < -0.4 is 0 Å². The van der Waals surface area contributed by atoms with E-state index in [0.29, 0.717) is 18.0 Å². The van der Waals surface area contributed by atoms with E-state index in [1.165, 1.54) is 18.4 Å². The van der Waals surface area contributed by atoms with Crippen LogP contribution in [-0.4, -0.2) is 28.5 Å². The van der Waals surface area contributed by atoms with Gasteiger partial charge in [0.1, 0.15) is 11.8 Å². The van der Waals surface area contributed by atoms with Gasteiger partial charge >= 0.3 is 5.97 Å². The first-order valence-corrected chi connectivity index (χ1v) is 11.7. The van der Waals surface area contributed by atoms with Gasteiger partial charge < -0.3 is 13.9 Å². The predicted octanol–water partition coefficient (Wildman–Crippen LogP) is 5.06. The SMILES string of the molecule is COC(=O)C[C@H]1CCCc2c1n(Cc1ccc(Cl)cc1)c1c([S@+](C)[O-])cccc21. The van der Waals surface area contributed by atoms with Gasteiger partial charge in [0.05, 0.1) is 13.5 Å². The first kappa shape index (κ1) is 20.3. The van der Waals surface area contributed by atoms with Gasteiger partial charge in [-0.3, -0.25) is 4.79 Å². The summed E-state index contributed by atoms with van der Waals surface area (Å²) in [6.07, 6.45) is 5.04. The second-order valence-electron chi connectivity index (χ2n) is 7.55. The fourth-order valence-electron chi connectivity index (χ4n) is 4.51. The van der Waals surface area contributed by atoms with Gasteiger partial charge in [-0.25, -0.2) is 0 Å². The molecule has 29 heavy (non-hydrogen) atoms. The van der Waals surface area contributed by atoms with Gasteiger partial charge in [-0.05, 0) is 59.8 Å². The zero-order valence-corrected chi connectivity index (χ0v) is 18.2. The van der Waals surface area contributed by atoms with Gasteiger partial charge in [-0.2, -0.15) is 0 Å². The second kappa shape index (κ2) is 8.42. The first-order chi connectivity index (χ1) is 14.0. The van der Waals surface area contributed by atoms with Crippen molar-refractivity contribution in [2.45, 2.75) is 43.0 Å². The molecule has 1 aromatic heterocycles. The van der Waals surface area contributed by atoms with Crippen LogP contribution in [0.2, 0.25) is 5.02 Å². The highest BCUT2D eigenvalue weighted by molar-refractivity contribution is 7.91. The normalized spacial score (nSPS) is 17.2. The van der Waals surface area contributed by atoms with Gasteiger partial charge in [0, 0.05) is 28.6 Å². The largest absolute Gasteiger partial charge is 0.612 e. The lowest BCUT2D eigenvalue weighted by atomic mass is 9.84. The van der Waals surface area contributed by atoms with E-state index in [-0.39, 0.29) is 11.9 Å². The van der Waals surface area contributed by atoms with Crippen LogP contribution in [0.5, 0.6) is 0 Å². The number of methoxy groups -OCH3 is 1. The van der Waals surface area contributed by atoms with Crippen LogP contribution in [0.1, 0.15) is 42.0 Å². The molecule has 0 fully saturated rings. The Kier molecular flexibility index (Phi) is 5.91. The smallest absolute Gasteiger partial charge is 0.306 e. The lowest BCUT2D eigenvalue weighted by molar-refractivity contribution is -0.141. The lowest BCUT2D eigenvalue weighted by Gasteiger charge is -2.25. The molecule has 3 aromatic rings. The van der Waals surface area contributed by atoms with Crippen molar-refractivity contribution >= 4 is 39.6 Å². The number of esters is 1. The quantitative estimate of drug-likeness (QED) is 0.420. The molecule has 0 radical (unpaired) electrons. The number of benzene rings is 2. The van der Waals surface area contributed by atoms with E-state index in [4.69, 9.17) is 16.3 Å². The number of carbonyl (C=O) groups excluding carboxylic acids is 1. The summed E-state index contributed by atoms with van der Waals surface area (Å²) in [4.78, 5) is 12.9. The number of carbonyl (C=O) groups is 1. The molecule has 0 bridgehead atoms. The predicted molar refractivity (Wildman–Crippen MR) is 117 cm³/mol. The number of hydrogen-bond acceptors (Lipinski definition) is 3. The van der Waals surface area contributed by atoms with Crippen LogP contribution in [0, 0.1) is 0 Å². The monoisotopic (exact) mass is 429 g/mol. The molecular formula is C23H24ClNO3S. The molecule has 2 atom stereocenters. The van der Waals surface area contributed by atoms with Crippen LogP contribution in [0.15, 0.2) is 47.4 Å². The Morgan fingerprint density at radius 1 is 1.28 bits per heavy atom. The summed E-state index contributed by atoms with van der Waals surface area (Å²) in [5.41, 5.74) is 4.60. The topological polar surface area (TPSA) is 54.3 Å². The zero-order chi connectivity index (χ0) is 20.5.